The van der Waals surface area contributed by atoms with Gasteiger partial charge in [0, 0.05) is 26.2 Å². The molecule has 6 nitrogen and oxygen atoms in total. The Morgan fingerprint density at radius 1 is 1.09 bits per heavy atom. The maximum atomic E-state index is 14.0. The van der Waals surface area contributed by atoms with Crippen molar-refractivity contribution in [2.45, 2.75) is 39.0 Å². The molecule has 3 fully saturated rings. The van der Waals surface area contributed by atoms with E-state index in [1.54, 1.807) is 12.1 Å². The van der Waals surface area contributed by atoms with Crippen LogP contribution in [-0.4, -0.2) is 71.5 Å². The van der Waals surface area contributed by atoms with Crippen molar-refractivity contribution in [1.82, 2.24) is 25.1 Å². The van der Waals surface area contributed by atoms with E-state index in [-0.39, 0.29) is 11.7 Å². The van der Waals surface area contributed by atoms with Gasteiger partial charge < -0.3 is 15.1 Å². The van der Waals surface area contributed by atoms with Gasteiger partial charge in [-0.15, -0.1) is 0 Å². The minimum absolute atomic E-state index is 0.0774. The minimum atomic E-state index is -0.133. The number of aryl methyl sites for hydroxylation is 2. The average molecular weight is 466 g/mol. The Morgan fingerprint density at radius 3 is 2.41 bits per heavy atom. The van der Waals surface area contributed by atoms with Crippen molar-refractivity contribution in [3.8, 4) is 0 Å². The van der Waals surface area contributed by atoms with Crippen LogP contribution in [0, 0.1) is 37.4 Å². The zero-order valence-corrected chi connectivity index (χ0v) is 20.3. The minimum Gasteiger partial charge on any atom is -0.338 e. The van der Waals surface area contributed by atoms with Gasteiger partial charge in [0.25, 0.3) is 5.91 Å². The average Bonchev–Trinajstić information content (AvgIpc) is 3.39. The number of nitrogens with zero attached hydrogens (tertiary/aromatic N) is 4. The highest BCUT2D eigenvalue weighted by Gasteiger charge is 2.42. The molecule has 7 heteroatoms. The monoisotopic (exact) mass is 465 g/mol. The number of aromatic nitrogens is 2. The zero-order chi connectivity index (χ0) is 23.7. The molecule has 3 atom stereocenters. The van der Waals surface area contributed by atoms with E-state index in [1.807, 2.05) is 24.8 Å². The second kappa shape index (κ2) is 10.1. The SMILES string of the molecule is Cc1ncnc(C)c1C(=O)N1CC2CN(CCC(c3cccc(F)c3)C3CCNCC3)CC2C1. The third kappa shape index (κ3) is 4.86. The van der Waals surface area contributed by atoms with E-state index in [0.717, 1.165) is 82.0 Å². The van der Waals surface area contributed by atoms with Crippen molar-refractivity contribution in [2.75, 3.05) is 45.8 Å². The van der Waals surface area contributed by atoms with Crippen LogP contribution < -0.4 is 5.32 Å². The molecule has 4 heterocycles. The molecule has 0 bridgehead atoms. The van der Waals surface area contributed by atoms with Crippen molar-refractivity contribution < 1.29 is 9.18 Å². The van der Waals surface area contributed by atoms with Gasteiger partial charge in [0.1, 0.15) is 12.1 Å². The molecule has 0 radical (unpaired) electrons. The number of hydrogen-bond acceptors (Lipinski definition) is 5. The quantitative estimate of drug-likeness (QED) is 0.709. The fraction of sp³-hybridized carbons (Fsp3) is 0.593. The first kappa shape index (κ1) is 23.4. The summed E-state index contributed by atoms with van der Waals surface area (Å²) in [6.45, 7) is 10.6. The van der Waals surface area contributed by atoms with E-state index in [0.29, 0.717) is 29.2 Å². The van der Waals surface area contributed by atoms with Crippen molar-refractivity contribution >= 4 is 5.91 Å². The van der Waals surface area contributed by atoms with E-state index in [2.05, 4.69) is 26.3 Å². The van der Waals surface area contributed by atoms with Crippen molar-refractivity contribution in [3.05, 3.63) is 58.9 Å². The first-order chi connectivity index (χ1) is 16.5. The molecule has 182 valence electrons. The van der Waals surface area contributed by atoms with Gasteiger partial charge in [-0.2, -0.15) is 0 Å². The lowest BCUT2D eigenvalue weighted by atomic mass is 9.78. The van der Waals surface area contributed by atoms with Crippen LogP contribution in [0.25, 0.3) is 0 Å². The fourth-order valence-corrected chi connectivity index (χ4v) is 6.48. The summed E-state index contributed by atoms with van der Waals surface area (Å²) in [6.07, 6.45) is 4.91. The molecular weight excluding hydrogens is 429 g/mol. The molecule has 3 unspecified atom stereocenters. The largest absolute Gasteiger partial charge is 0.338 e. The van der Waals surface area contributed by atoms with Gasteiger partial charge in [-0.25, -0.2) is 14.4 Å². The smallest absolute Gasteiger partial charge is 0.257 e. The number of carbonyl (C=O) groups excluding carboxylic acids is 1. The third-order valence-corrected chi connectivity index (χ3v) is 8.28. The highest BCUT2D eigenvalue weighted by Crippen LogP contribution is 2.37. The van der Waals surface area contributed by atoms with Crippen molar-refractivity contribution in [2.24, 2.45) is 17.8 Å². The van der Waals surface area contributed by atoms with Gasteiger partial charge in [0.2, 0.25) is 0 Å². The summed E-state index contributed by atoms with van der Waals surface area (Å²) < 4.78 is 14.0. The predicted octanol–water partition coefficient (Wildman–Crippen LogP) is 3.41. The van der Waals surface area contributed by atoms with Crippen LogP contribution >= 0.6 is 0 Å². The normalized spacial score (nSPS) is 24.4. The van der Waals surface area contributed by atoms with Gasteiger partial charge in [-0.05, 0) is 94.1 Å². The maximum absolute atomic E-state index is 14.0. The molecular formula is C27H36FN5O. The third-order valence-electron chi connectivity index (χ3n) is 8.28. The molecule has 1 aromatic heterocycles. The molecule has 3 aliphatic heterocycles. The number of nitrogens with one attached hydrogen (secondary N) is 1. The topological polar surface area (TPSA) is 61.4 Å². The number of halogens is 1. The standard InChI is InChI=1S/C27H36FN5O/c1-18-26(19(2)31-17-30-18)27(34)33-15-22-13-32(14-23(22)16-33)11-8-25(20-6-9-29-10-7-20)21-4-3-5-24(28)12-21/h3-5,12,17,20,22-23,25,29H,6-11,13-16H2,1-2H3. The van der Waals surface area contributed by atoms with Crippen LogP contribution in [0.3, 0.4) is 0 Å². The van der Waals surface area contributed by atoms with Gasteiger partial charge in [0.05, 0.1) is 17.0 Å². The van der Waals surface area contributed by atoms with Crippen LogP contribution in [0.2, 0.25) is 0 Å². The molecule has 3 aliphatic rings. The molecule has 0 aliphatic carbocycles. The summed E-state index contributed by atoms with van der Waals surface area (Å²) in [5, 5.41) is 3.46. The summed E-state index contributed by atoms with van der Waals surface area (Å²) in [4.78, 5) is 26.2. The van der Waals surface area contributed by atoms with Crippen molar-refractivity contribution in [1.29, 1.82) is 0 Å². The summed E-state index contributed by atoms with van der Waals surface area (Å²) in [7, 11) is 0. The van der Waals surface area contributed by atoms with Crippen LogP contribution in [0.15, 0.2) is 30.6 Å². The van der Waals surface area contributed by atoms with Crippen LogP contribution in [0.4, 0.5) is 4.39 Å². The van der Waals surface area contributed by atoms with E-state index >= 15 is 0 Å². The highest BCUT2D eigenvalue weighted by atomic mass is 19.1. The van der Waals surface area contributed by atoms with Crippen LogP contribution in [-0.2, 0) is 0 Å². The van der Waals surface area contributed by atoms with Gasteiger partial charge in [-0.1, -0.05) is 12.1 Å². The molecule has 5 rings (SSSR count). The Balaban J connectivity index is 1.19. The lowest BCUT2D eigenvalue weighted by molar-refractivity contribution is 0.0771. The fourth-order valence-electron chi connectivity index (χ4n) is 6.48. The molecule has 1 aromatic carbocycles. The summed E-state index contributed by atoms with van der Waals surface area (Å²) in [5.74, 6) is 2.01. The van der Waals surface area contributed by atoms with Gasteiger partial charge >= 0.3 is 0 Å². The van der Waals surface area contributed by atoms with Crippen LogP contribution in [0.1, 0.15) is 52.5 Å². The second-order valence-corrected chi connectivity index (χ2v) is 10.4. The van der Waals surface area contributed by atoms with Crippen molar-refractivity contribution in [3.63, 3.8) is 0 Å². The summed E-state index contributed by atoms with van der Waals surface area (Å²) in [5.41, 5.74) is 3.34. The van der Waals surface area contributed by atoms with Gasteiger partial charge in [-0.3, -0.25) is 4.79 Å². The molecule has 34 heavy (non-hydrogen) atoms. The molecule has 1 N–H and O–H groups in total. The number of rotatable bonds is 6. The first-order valence-corrected chi connectivity index (χ1v) is 12.8. The molecule has 3 saturated heterocycles. The number of carbonyl (C=O) groups is 1. The lowest BCUT2D eigenvalue weighted by Crippen LogP contribution is -2.35. The van der Waals surface area contributed by atoms with E-state index in [4.69, 9.17) is 0 Å². The second-order valence-electron chi connectivity index (χ2n) is 10.4. The number of amides is 1. The molecule has 2 aromatic rings. The molecule has 0 saturated carbocycles. The predicted molar refractivity (Wildman–Crippen MR) is 130 cm³/mol. The van der Waals surface area contributed by atoms with Gasteiger partial charge in [0.15, 0.2) is 0 Å². The molecule has 0 spiro atoms. The summed E-state index contributed by atoms with van der Waals surface area (Å²) in [6, 6.07) is 7.25. The first-order valence-electron chi connectivity index (χ1n) is 12.8. The number of likely N-dealkylation sites (tertiary alicyclic amines) is 2. The Morgan fingerprint density at radius 2 is 1.76 bits per heavy atom. The number of benzene rings is 1. The zero-order valence-electron chi connectivity index (χ0n) is 20.3. The van der Waals surface area contributed by atoms with Crippen LogP contribution in [0.5, 0.6) is 0 Å². The Hall–Kier alpha value is -2.38. The number of hydrogen-bond donors (Lipinski definition) is 1. The Labute approximate surface area is 202 Å². The Bertz CT molecular complexity index is 990. The molecule has 1 amide bonds. The summed E-state index contributed by atoms with van der Waals surface area (Å²) >= 11 is 0. The highest BCUT2D eigenvalue weighted by molar-refractivity contribution is 5.96. The Kier molecular flexibility index (Phi) is 6.93. The number of piperidine rings is 1. The lowest BCUT2D eigenvalue weighted by Gasteiger charge is -2.32. The maximum Gasteiger partial charge on any atom is 0.257 e. The van der Waals surface area contributed by atoms with E-state index < -0.39 is 0 Å². The number of fused-ring (bicyclic) bond motifs is 1. The van der Waals surface area contributed by atoms with E-state index in [1.165, 1.54) is 6.33 Å². The van der Waals surface area contributed by atoms with E-state index in [9.17, 15) is 9.18 Å².